The van der Waals surface area contributed by atoms with Crippen molar-refractivity contribution in [1.29, 1.82) is 0 Å². The third-order valence-electron chi connectivity index (χ3n) is 3.62. The molecule has 100 valence electrons. The van der Waals surface area contributed by atoms with Gasteiger partial charge in [-0.05, 0) is 37.8 Å². The van der Waals surface area contributed by atoms with Gasteiger partial charge in [-0.1, -0.05) is 24.6 Å². The highest BCUT2D eigenvalue weighted by atomic mass is 15.3. The fraction of sp³-hybridized carbons (Fsp3) is 0.429. The fourth-order valence-electron chi connectivity index (χ4n) is 2.73. The summed E-state index contributed by atoms with van der Waals surface area (Å²) in [4.78, 5) is 8.77. The van der Waals surface area contributed by atoms with Gasteiger partial charge in [0.25, 0.3) is 0 Å². The average Bonchev–Trinajstić information content (AvgIpc) is 2.39. The average molecular weight is 257 g/mol. The number of nitrogens with one attached hydrogen (secondary N) is 2. The first-order chi connectivity index (χ1) is 9.26. The van der Waals surface area contributed by atoms with Crippen molar-refractivity contribution in [2.45, 2.75) is 37.8 Å². The second-order valence-electron chi connectivity index (χ2n) is 5.14. The van der Waals surface area contributed by atoms with E-state index in [0.717, 1.165) is 18.5 Å². The first-order valence-corrected chi connectivity index (χ1v) is 6.80. The number of aliphatic imine (C=N–C) groups is 2. The molecular formula is C14H19N5. The van der Waals surface area contributed by atoms with Gasteiger partial charge in [-0.25, -0.2) is 4.99 Å². The Morgan fingerprint density at radius 3 is 2.58 bits per heavy atom. The molecule has 1 heterocycles. The van der Waals surface area contributed by atoms with E-state index >= 15 is 0 Å². The highest BCUT2D eigenvalue weighted by Gasteiger charge is 2.35. The van der Waals surface area contributed by atoms with E-state index in [1.165, 1.54) is 19.3 Å². The summed E-state index contributed by atoms with van der Waals surface area (Å²) < 4.78 is 0. The van der Waals surface area contributed by atoms with Crippen LogP contribution < -0.4 is 16.4 Å². The summed E-state index contributed by atoms with van der Waals surface area (Å²) in [6, 6.07) is 9.96. The zero-order chi connectivity index (χ0) is 13.1. The van der Waals surface area contributed by atoms with Crippen LogP contribution in [0.15, 0.2) is 40.3 Å². The van der Waals surface area contributed by atoms with Gasteiger partial charge in [0.05, 0.1) is 0 Å². The first kappa shape index (κ1) is 12.0. The summed E-state index contributed by atoms with van der Waals surface area (Å²) in [5.74, 6) is 1.06. The Bertz CT molecular complexity index is 500. The number of benzene rings is 1. The lowest BCUT2D eigenvalue weighted by Crippen LogP contribution is -2.54. The highest BCUT2D eigenvalue weighted by molar-refractivity contribution is 6.03. The maximum Gasteiger partial charge on any atom is 0.220 e. The van der Waals surface area contributed by atoms with Crippen LogP contribution in [-0.4, -0.2) is 17.6 Å². The van der Waals surface area contributed by atoms with Crippen molar-refractivity contribution < 1.29 is 0 Å². The van der Waals surface area contributed by atoms with Crippen LogP contribution >= 0.6 is 0 Å². The molecule has 1 aromatic rings. The van der Waals surface area contributed by atoms with Crippen molar-refractivity contribution in [3.63, 3.8) is 0 Å². The summed E-state index contributed by atoms with van der Waals surface area (Å²) in [6.45, 7) is 0. The number of nitrogens with two attached hydrogens (primary N) is 1. The number of guanidine groups is 2. The Kier molecular flexibility index (Phi) is 3.11. The van der Waals surface area contributed by atoms with Gasteiger partial charge in [-0.2, -0.15) is 4.99 Å². The van der Waals surface area contributed by atoms with Crippen LogP contribution in [0.3, 0.4) is 0 Å². The largest absolute Gasteiger partial charge is 0.368 e. The Balaban J connectivity index is 1.78. The molecule has 0 saturated heterocycles. The second kappa shape index (κ2) is 4.91. The number of anilines is 1. The minimum atomic E-state index is -0.249. The molecular weight excluding hydrogens is 238 g/mol. The lowest BCUT2D eigenvalue weighted by atomic mass is 9.89. The lowest BCUT2D eigenvalue weighted by molar-refractivity contribution is 0.274. The molecule has 1 aliphatic heterocycles. The number of para-hydroxylation sites is 1. The van der Waals surface area contributed by atoms with Crippen molar-refractivity contribution in [1.82, 2.24) is 5.32 Å². The van der Waals surface area contributed by atoms with Crippen LogP contribution in [0.4, 0.5) is 5.69 Å². The monoisotopic (exact) mass is 257 g/mol. The van der Waals surface area contributed by atoms with E-state index in [1.807, 2.05) is 30.3 Å². The number of hydrogen-bond donors (Lipinski definition) is 3. The van der Waals surface area contributed by atoms with Gasteiger partial charge in [0.1, 0.15) is 5.66 Å². The molecule has 1 saturated carbocycles. The summed E-state index contributed by atoms with van der Waals surface area (Å²) in [5, 5.41) is 6.68. The van der Waals surface area contributed by atoms with Gasteiger partial charge in [-0.15, -0.1) is 0 Å². The molecule has 3 rings (SSSR count). The molecule has 1 aliphatic carbocycles. The Morgan fingerprint density at radius 1 is 1.11 bits per heavy atom. The zero-order valence-electron chi connectivity index (χ0n) is 10.9. The lowest BCUT2D eigenvalue weighted by Gasteiger charge is -2.37. The van der Waals surface area contributed by atoms with E-state index in [1.54, 1.807) is 0 Å². The SMILES string of the molecule is NC1=NC2(CCCCC2)NC(Nc2ccccc2)=N1. The van der Waals surface area contributed by atoms with Gasteiger partial charge in [0.15, 0.2) is 0 Å². The molecule has 4 N–H and O–H groups in total. The molecule has 19 heavy (non-hydrogen) atoms. The van der Waals surface area contributed by atoms with Crippen LogP contribution in [0.2, 0.25) is 0 Å². The van der Waals surface area contributed by atoms with Crippen LogP contribution in [0.5, 0.6) is 0 Å². The molecule has 2 aliphatic rings. The van der Waals surface area contributed by atoms with Crippen molar-refractivity contribution in [3.8, 4) is 0 Å². The smallest absolute Gasteiger partial charge is 0.220 e. The standard InChI is InChI=1S/C14H19N5/c15-12-17-13(16-11-7-3-1-4-8-11)19-14(18-12)9-5-2-6-10-14/h1,3-4,7-8H,2,5-6,9-10H2,(H4,15,16,17,18,19). The molecule has 0 radical (unpaired) electrons. The second-order valence-corrected chi connectivity index (χ2v) is 5.14. The number of rotatable bonds is 1. The van der Waals surface area contributed by atoms with Crippen molar-refractivity contribution in [2.75, 3.05) is 5.32 Å². The Morgan fingerprint density at radius 2 is 1.84 bits per heavy atom. The molecule has 0 aromatic heterocycles. The van der Waals surface area contributed by atoms with Crippen LogP contribution in [-0.2, 0) is 0 Å². The van der Waals surface area contributed by atoms with Gasteiger partial charge in [0, 0.05) is 5.69 Å². The summed E-state index contributed by atoms with van der Waals surface area (Å²) in [7, 11) is 0. The van der Waals surface area contributed by atoms with Crippen LogP contribution in [0.25, 0.3) is 0 Å². The minimum Gasteiger partial charge on any atom is -0.368 e. The van der Waals surface area contributed by atoms with Gasteiger partial charge in [-0.3, -0.25) is 0 Å². The predicted molar refractivity (Wildman–Crippen MR) is 78.1 cm³/mol. The third kappa shape index (κ3) is 2.70. The van der Waals surface area contributed by atoms with Gasteiger partial charge in [0.2, 0.25) is 11.9 Å². The molecule has 5 heteroatoms. The molecule has 5 nitrogen and oxygen atoms in total. The van der Waals surface area contributed by atoms with Crippen molar-refractivity contribution in [2.24, 2.45) is 15.7 Å². The van der Waals surface area contributed by atoms with Crippen LogP contribution in [0, 0.1) is 0 Å². The quantitative estimate of drug-likeness (QED) is 0.720. The van der Waals surface area contributed by atoms with E-state index in [0.29, 0.717) is 11.9 Å². The van der Waals surface area contributed by atoms with E-state index < -0.39 is 0 Å². The third-order valence-corrected chi connectivity index (χ3v) is 3.62. The van der Waals surface area contributed by atoms with Crippen LogP contribution in [0.1, 0.15) is 32.1 Å². The first-order valence-electron chi connectivity index (χ1n) is 6.80. The summed E-state index contributed by atoms with van der Waals surface area (Å²) in [6.07, 6.45) is 5.68. The zero-order valence-corrected chi connectivity index (χ0v) is 10.9. The number of hydrogen-bond acceptors (Lipinski definition) is 5. The van der Waals surface area contributed by atoms with E-state index in [2.05, 4.69) is 20.6 Å². The summed E-state index contributed by atoms with van der Waals surface area (Å²) in [5.41, 5.74) is 6.61. The Labute approximate surface area is 113 Å². The molecule has 0 bridgehead atoms. The normalized spacial score (nSPS) is 21.3. The van der Waals surface area contributed by atoms with Crippen molar-refractivity contribution in [3.05, 3.63) is 30.3 Å². The van der Waals surface area contributed by atoms with E-state index in [9.17, 15) is 0 Å². The van der Waals surface area contributed by atoms with E-state index in [-0.39, 0.29) is 5.66 Å². The minimum absolute atomic E-state index is 0.249. The maximum atomic E-state index is 5.87. The molecule has 0 unspecified atom stereocenters. The predicted octanol–water partition coefficient (Wildman–Crippen LogP) is 2.03. The maximum absolute atomic E-state index is 5.87. The molecule has 1 fully saturated rings. The molecule has 0 amide bonds. The molecule has 0 atom stereocenters. The van der Waals surface area contributed by atoms with Gasteiger partial charge < -0.3 is 16.4 Å². The van der Waals surface area contributed by atoms with E-state index in [4.69, 9.17) is 5.73 Å². The topological polar surface area (TPSA) is 74.8 Å². The number of nitrogens with zero attached hydrogens (tertiary/aromatic N) is 2. The van der Waals surface area contributed by atoms with Crippen molar-refractivity contribution >= 4 is 17.6 Å². The van der Waals surface area contributed by atoms with Gasteiger partial charge >= 0.3 is 0 Å². The fourth-order valence-corrected chi connectivity index (χ4v) is 2.73. The molecule has 1 aromatic carbocycles. The Hall–Kier alpha value is -2.04. The highest BCUT2D eigenvalue weighted by Crippen LogP contribution is 2.30. The molecule has 1 spiro atoms. The summed E-state index contributed by atoms with van der Waals surface area (Å²) >= 11 is 0.